The molecule has 0 spiro atoms. The van der Waals surface area contributed by atoms with Gasteiger partial charge in [-0.2, -0.15) is 0 Å². The van der Waals surface area contributed by atoms with Crippen molar-refractivity contribution >= 4 is 19.8 Å². The van der Waals surface area contributed by atoms with E-state index in [4.69, 9.17) is 18.5 Å². The summed E-state index contributed by atoms with van der Waals surface area (Å²) in [4.78, 5) is 38.2. The van der Waals surface area contributed by atoms with Crippen LogP contribution in [0.25, 0.3) is 0 Å². The van der Waals surface area contributed by atoms with Crippen molar-refractivity contribution in [1.82, 2.24) is 0 Å². The van der Waals surface area contributed by atoms with Crippen molar-refractivity contribution in [2.24, 2.45) is 0 Å². The Balaban J connectivity index is 3.98. The summed E-state index contributed by atoms with van der Waals surface area (Å²) in [7, 11) is 1.17. The van der Waals surface area contributed by atoms with Gasteiger partial charge in [-0.15, -0.1) is 0 Å². The van der Waals surface area contributed by atoms with E-state index in [2.05, 4.69) is 98.9 Å². The van der Waals surface area contributed by atoms with Crippen LogP contribution in [-0.4, -0.2) is 70.0 Å². The van der Waals surface area contributed by atoms with E-state index in [1.54, 1.807) is 0 Å². The normalized spacial score (nSPS) is 13.5. The first-order valence-electron chi connectivity index (χ1n) is 38.8. The van der Waals surface area contributed by atoms with Crippen LogP contribution in [0.3, 0.4) is 0 Å². The molecule has 0 heterocycles. The Labute approximate surface area is 564 Å². The van der Waals surface area contributed by atoms with E-state index in [9.17, 15) is 19.0 Å². The number of hydrogen-bond acceptors (Lipinski definition) is 8. The van der Waals surface area contributed by atoms with Crippen molar-refractivity contribution in [1.29, 1.82) is 0 Å². The van der Waals surface area contributed by atoms with Gasteiger partial charge in [0.15, 0.2) is 6.10 Å². The number of unbranched alkanes of at least 4 members (excludes halogenated alkanes) is 44. The number of carbonyl (C=O) groups is 2. The molecule has 0 rings (SSSR count). The Morgan fingerprint density at radius 1 is 0.352 bits per heavy atom. The van der Waals surface area contributed by atoms with E-state index in [1.807, 2.05) is 21.1 Å². The summed E-state index contributed by atoms with van der Waals surface area (Å²) < 4.78 is 34.4. The van der Waals surface area contributed by atoms with Gasteiger partial charge in [0.25, 0.3) is 7.82 Å². The van der Waals surface area contributed by atoms with Crippen molar-refractivity contribution < 1.29 is 42.1 Å². The summed E-state index contributed by atoms with van der Waals surface area (Å²) in [6.07, 6.45) is 98.4. The molecule has 0 N–H and O–H groups in total. The third kappa shape index (κ3) is 76.1. The van der Waals surface area contributed by atoms with Gasteiger partial charge in [0, 0.05) is 12.8 Å². The highest BCUT2D eigenvalue weighted by Gasteiger charge is 2.22. The molecule has 91 heavy (non-hydrogen) atoms. The molecule has 0 aliphatic carbocycles. The number of ether oxygens (including phenoxy) is 2. The van der Waals surface area contributed by atoms with Crippen LogP contribution in [0.4, 0.5) is 0 Å². The van der Waals surface area contributed by atoms with Crippen LogP contribution in [-0.2, 0) is 32.7 Å². The second-order valence-electron chi connectivity index (χ2n) is 27.4. The molecule has 0 radical (unpaired) electrons. The van der Waals surface area contributed by atoms with Crippen molar-refractivity contribution in [3.05, 3.63) is 85.1 Å². The molecule has 2 atom stereocenters. The third-order valence-corrected chi connectivity index (χ3v) is 18.1. The van der Waals surface area contributed by atoms with Gasteiger partial charge in [0.1, 0.15) is 19.8 Å². The molecule has 9 nitrogen and oxygen atoms in total. The average Bonchev–Trinajstić information content (AvgIpc) is 3.62. The lowest BCUT2D eigenvalue weighted by Gasteiger charge is -2.28. The molecule has 0 aliphatic heterocycles. The number of nitrogens with zero attached hydrogens (tertiary/aromatic N) is 1. The van der Waals surface area contributed by atoms with E-state index in [-0.39, 0.29) is 32.0 Å². The smallest absolute Gasteiger partial charge is 0.306 e. The van der Waals surface area contributed by atoms with Crippen LogP contribution >= 0.6 is 7.82 Å². The molecule has 0 fully saturated rings. The molecule has 0 aromatic carbocycles. The van der Waals surface area contributed by atoms with E-state index in [0.717, 1.165) is 89.9 Å². The minimum Gasteiger partial charge on any atom is -0.756 e. The van der Waals surface area contributed by atoms with Crippen LogP contribution in [0.1, 0.15) is 367 Å². The zero-order valence-electron chi connectivity index (χ0n) is 60.5. The summed E-state index contributed by atoms with van der Waals surface area (Å²) in [6.45, 7) is 4.18. The molecule has 0 amide bonds. The predicted molar refractivity (Wildman–Crippen MR) is 393 cm³/mol. The Kier molecular flexibility index (Phi) is 69.3. The van der Waals surface area contributed by atoms with Crippen LogP contribution in [0, 0.1) is 0 Å². The number of carbonyl (C=O) groups excluding carboxylic acids is 2. The number of allylic oxidation sites excluding steroid dienone is 14. The van der Waals surface area contributed by atoms with Crippen molar-refractivity contribution in [2.75, 3.05) is 47.5 Å². The summed E-state index contributed by atoms with van der Waals surface area (Å²) in [5, 5.41) is 0. The maximum Gasteiger partial charge on any atom is 0.306 e. The second kappa shape index (κ2) is 71.5. The van der Waals surface area contributed by atoms with E-state index in [0.29, 0.717) is 17.4 Å². The standard InChI is InChI=1S/C81H148NO8P/c1-6-8-10-12-14-16-18-20-22-24-26-28-30-32-34-36-38-40-42-43-45-47-49-51-53-55-57-59-61-63-65-67-69-71-73-80(83)87-77-79(78-89-91(85,86)88-76-75-82(3,4)5)90-81(84)74-72-70-68-66-64-62-60-58-56-54-52-50-48-46-44-41-39-37-35-33-31-29-27-25-23-21-19-17-15-13-11-9-7-2/h9,11,15,17,21,23,27,29,33,35,39,41,46,48,79H,6-8,10,12-14,16,18-20,22,24-26,28,30-32,34,36-38,40,42-45,47,49-78H2,1-5H3/b11-9-,17-15-,23-21-,29-27-,35-33-,41-39-,48-46-. The number of hydrogen-bond donors (Lipinski definition) is 0. The second-order valence-corrected chi connectivity index (χ2v) is 28.8. The lowest BCUT2D eigenvalue weighted by molar-refractivity contribution is -0.870. The van der Waals surface area contributed by atoms with Gasteiger partial charge in [-0.05, 0) is 70.6 Å². The first-order valence-corrected chi connectivity index (χ1v) is 40.3. The molecule has 0 aromatic rings. The first-order chi connectivity index (χ1) is 44.5. The number of rotatable bonds is 72. The first kappa shape index (κ1) is 88.2. The highest BCUT2D eigenvalue weighted by atomic mass is 31.2. The van der Waals surface area contributed by atoms with Crippen molar-refractivity contribution in [3.8, 4) is 0 Å². The minimum absolute atomic E-state index is 0.0325. The van der Waals surface area contributed by atoms with Crippen LogP contribution in [0.2, 0.25) is 0 Å². The van der Waals surface area contributed by atoms with Crippen molar-refractivity contribution in [3.63, 3.8) is 0 Å². The average molecular weight is 1300 g/mol. The molecule has 2 unspecified atom stereocenters. The molecule has 0 saturated carbocycles. The molecular weight excluding hydrogens is 1150 g/mol. The number of phosphoric ester groups is 1. The molecule has 0 aromatic heterocycles. The predicted octanol–water partition coefficient (Wildman–Crippen LogP) is 25.0. The van der Waals surface area contributed by atoms with Gasteiger partial charge in [-0.3, -0.25) is 14.2 Å². The summed E-state index contributed by atoms with van der Waals surface area (Å²) in [5.41, 5.74) is 0. The van der Waals surface area contributed by atoms with E-state index >= 15 is 0 Å². The van der Waals surface area contributed by atoms with Crippen LogP contribution in [0.5, 0.6) is 0 Å². The minimum atomic E-state index is -4.65. The largest absolute Gasteiger partial charge is 0.756 e. The fourth-order valence-electron chi connectivity index (χ4n) is 11.3. The number of quaternary nitrogens is 1. The molecule has 0 saturated heterocycles. The fourth-order valence-corrected chi connectivity index (χ4v) is 12.0. The van der Waals surface area contributed by atoms with Gasteiger partial charge in [-0.1, -0.05) is 369 Å². The zero-order valence-corrected chi connectivity index (χ0v) is 61.4. The Hall–Kier alpha value is -2.81. The Morgan fingerprint density at radius 3 is 0.934 bits per heavy atom. The maximum atomic E-state index is 12.9. The quantitative estimate of drug-likeness (QED) is 0.0195. The van der Waals surface area contributed by atoms with Gasteiger partial charge in [0.2, 0.25) is 0 Å². The Bertz CT molecular complexity index is 1810. The van der Waals surface area contributed by atoms with Crippen LogP contribution in [0.15, 0.2) is 85.1 Å². The highest BCUT2D eigenvalue weighted by molar-refractivity contribution is 7.45. The number of phosphoric acid groups is 1. The zero-order chi connectivity index (χ0) is 66.2. The summed E-state index contributed by atoms with van der Waals surface area (Å²) in [6, 6.07) is 0. The molecule has 0 aliphatic rings. The lowest BCUT2D eigenvalue weighted by atomic mass is 10.0. The monoisotopic (exact) mass is 1290 g/mol. The Morgan fingerprint density at radius 2 is 0.626 bits per heavy atom. The fraction of sp³-hybridized carbons (Fsp3) is 0.802. The maximum absolute atomic E-state index is 12.9. The SMILES string of the molecule is CC/C=C\C/C=C\C/C=C\C/C=C\C/C=C\C/C=C\C/C=C\CCCCCCCCCCCCCC(=O)OC(COC(=O)CCCCCCCCCCCCCCCCCCCCCCCCCCCCCCCCCCCC)COP(=O)([O-])OCC[N+](C)(C)C. The van der Waals surface area contributed by atoms with Gasteiger partial charge in [0.05, 0.1) is 27.7 Å². The topological polar surface area (TPSA) is 111 Å². The number of esters is 2. The molecule has 10 heteroatoms. The van der Waals surface area contributed by atoms with Gasteiger partial charge < -0.3 is 27.9 Å². The molecule has 0 bridgehead atoms. The van der Waals surface area contributed by atoms with E-state index < -0.39 is 26.5 Å². The molecular formula is C81H148NO8P. The van der Waals surface area contributed by atoms with E-state index in [1.165, 1.54) is 244 Å². The number of likely N-dealkylation sites (N-methyl/N-ethyl adjacent to an activating group) is 1. The lowest BCUT2D eigenvalue weighted by Crippen LogP contribution is -2.37. The molecule has 530 valence electrons. The third-order valence-electron chi connectivity index (χ3n) is 17.2. The van der Waals surface area contributed by atoms with Crippen LogP contribution < -0.4 is 4.89 Å². The van der Waals surface area contributed by atoms with Crippen molar-refractivity contribution in [2.45, 2.75) is 373 Å². The summed E-state index contributed by atoms with van der Waals surface area (Å²) >= 11 is 0. The highest BCUT2D eigenvalue weighted by Crippen LogP contribution is 2.38. The van der Waals surface area contributed by atoms with Gasteiger partial charge >= 0.3 is 11.9 Å². The van der Waals surface area contributed by atoms with Gasteiger partial charge in [-0.25, -0.2) is 0 Å². The summed E-state index contributed by atoms with van der Waals surface area (Å²) in [5.74, 6) is -0.823.